The van der Waals surface area contributed by atoms with Gasteiger partial charge >= 0.3 is 0 Å². The van der Waals surface area contributed by atoms with Gasteiger partial charge in [-0.1, -0.05) is 30.3 Å². The van der Waals surface area contributed by atoms with E-state index in [-0.39, 0.29) is 11.2 Å². The molecule has 0 spiro atoms. The molecule has 1 aliphatic rings. The molecule has 0 fully saturated rings. The molecule has 1 aliphatic heterocycles. The summed E-state index contributed by atoms with van der Waals surface area (Å²) in [6, 6.07) is 10.2. The maximum Gasteiger partial charge on any atom is 0.224 e. The zero-order chi connectivity index (χ0) is 13.2. The van der Waals surface area contributed by atoms with Gasteiger partial charge in [0.05, 0.1) is 24.8 Å². The minimum atomic E-state index is 0.109. The Kier molecular flexibility index (Phi) is 3.36. The second-order valence-electron chi connectivity index (χ2n) is 4.43. The molecule has 0 amide bonds. The van der Waals surface area contributed by atoms with Crippen LogP contribution in [0.15, 0.2) is 30.3 Å². The van der Waals surface area contributed by atoms with Crippen LogP contribution in [0.3, 0.4) is 0 Å². The second-order valence-corrected chi connectivity index (χ2v) is 4.77. The van der Waals surface area contributed by atoms with Gasteiger partial charge in [0, 0.05) is 12.6 Å². The number of halogens is 1. The molecule has 0 bridgehead atoms. The van der Waals surface area contributed by atoms with Gasteiger partial charge in [-0.15, -0.1) is 0 Å². The highest BCUT2D eigenvalue weighted by atomic mass is 35.5. The van der Waals surface area contributed by atoms with Crippen LogP contribution in [0.1, 0.15) is 22.7 Å². The first kappa shape index (κ1) is 12.4. The maximum absolute atomic E-state index is 6.01. The smallest absolute Gasteiger partial charge is 0.224 e. The lowest BCUT2D eigenvalue weighted by molar-refractivity contribution is 0.0978. The van der Waals surface area contributed by atoms with E-state index in [1.54, 1.807) is 0 Å². The molecule has 5 heteroatoms. The fourth-order valence-corrected chi connectivity index (χ4v) is 2.58. The topological polar surface area (TPSA) is 47.0 Å². The molecule has 1 N–H and O–H groups in total. The SMILES string of the molecule is CNc1nc(Cl)nc2c1COCC2c1ccccc1. The Morgan fingerprint density at radius 1 is 1.26 bits per heavy atom. The molecular formula is C14H14ClN3O. The summed E-state index contributed by atoms with van der Waals surface area (Å²) in [5.41, 5.74) is 3.13. The first-order valence-electron chi connectivity index (χ1n) is 6.16. The lowest BCUT2D eigenvalue weighted by Crippen LogP contribution is -2.21. The molecular weight excluding hydrogens is 262 g/mol. The highest BCUT2D eigenvalue weighted by Crippen LogP contribution is 2.34. The predicted molar refractivity (Wildman–Crippen MR) is 74.5 cm³/mol. The average molecular weight is 276 g/mol. The number of anilines is 1. The Balaban J connectivity index is 2.12. The van der Waals surface area contributed by atoms with Crippen molar-refractivity contribution in [3.05, 3.63) is 52.4 Å². The van der Waals surface area contributed by atoms with E-state index in [0.29, 0.717) is 13.2 Å². The van der Waals surface area contributed by atoms with Gasteiger partial charge in [-0.25, -0.2) is 9.97 Å². The second kappa shape index (κ2) is 5.15. The van der Waals surface area contributed by atoms with Crippen LogP contribution >= 0.6 is 11.6 Å². The van der Waals surface area contributed by atoms with E-state index >= 15 is 0 Å². The highest BCUT2D eigenvalue weighted by Gasteiger charge is 2.27. The van der Waals surface area contributed by atoms with Crippen molar-refractivity contribution < 1.29 is 4.74 Å². The fourth-order valence-electron chi connectivity index (χ4n) is 2.41. The van der Waals surface area contributed by atoms with E-state index in [4.69, 9.17) is 16.3 Å². The van der Waals surface area contributed by atoms with Crippen LogP contribution in [0.2, 0.25) is 5.28 Å². The van der Waals surface area contributed by atoms with Gasteiger partial charge in [-0.05, 0) is 17.2 Å². The number of aromatic nitrogens is 2. The third-order valence-electron chi connectivity index (χ3n) is 3.31. The van der Waals surface area contributed by atoms with Gasteiger partial charge in [-0.3, -0.25) is 0 Å². The van der Waals surface area contributed by atoms with Crippen molar-refractivity contribution in [2.45, 2.75) is 12.5 Å². The standard InChI is InChI=1S/C14H14ClN3O/c1-16-13-11-8-19-7-10(9-5-3-2-4-6-9)12(11)17-14(15)18-13/h2-6,10H,7-8H2,1H3,(H,16,17,18). The molecule has 1 aromatic carbocycles. The summed E-state index contributed by atoms with van der Waals surface area (Å²) in [5, 5.41) is 3.32. The van der Waals surface area contributed by atoms with Crippen molar-refractivity contribution in [1.29, 1.82) is 0 Å². The molecule has 0 saturated carbocycles. The number of rotatable bonds is 2. The summed E-state index contributed by atoms with van der Waals surface area (Å²) in [7, 11) is 1.82. The number of nitrogens with one attached hydrogen (secondary N) is 1. The van der Waals surface area contributed by atoms with Gasteiger partial charge in [0.1, 0.15) is 5.82 Å². The van der Waals surface area contributed by atoms with Crippen molar-refractivity contribution in [1.82, 2.24) is 9.97 Å². The summed E-state index contributed by atoms with van der Waals surface area (Å²) >= 11 is 6.01. The largest absolute Gasteiger partial charge is 0.376 e. The number of nitrogens with zero attached hydrogens (tertiary/aromatic N) is 2. The maximum atomic E-state index is 6.01. The summed E-state index contributed by atoms with van der Waals surface area (Å²) in [6.07, 6.45) is 0. The lowest BCUT2D eigenvalue weighted by Gasteiger charge is -2.26. The molecule has 0 aliphatic carbocycles. The zero-order valence-electron chi connectivity index (χ0n) is 10.6. The van der Waals surface area contributed by atoms with Crippen LogP contribution in [0.25, 0.3) is 0 Å². The molecule has 1 atom stereocenters. The monoisotopic (exact) mass is 275 g/mol. The van der Waals surface area contributed by atoms with Gasteiger partial charge < -0.3 is 10.1 Å². The van der Waals surface area contributed by atoms with Gasteiger partial charge in [0.2, 0.25) is 5.28 Å². The quantitative estimate of drug-likeness (QED) is 0.856. The normalized spacial score (nSPS) is 17.9. The van der Waals surface area contributed by atoms with Crippen LogP contribution in [-0.4, -0.2) is 23.6 Å². The molecule has 98 valence electrons. The van der Waals surface area contributed by atoms with Crippen LogP contribution in [0, 0.1) is 0 Å². The van der Waals surface area contributed by atoms with Gasteiger partial charge in [0.15, 0.2) is 0 Å². The van der Waals surface area contributed by atoms with Crippen LogP contribution in [0.5, 0.6) is 0 Å². The number of hydrogen-bond donors (Lipinski definition) is 1. The number of ether oxygens (including phenoxy) is 1. The summed E-state index contributed by atoms with van der Waals surface area (Å²) in [4.78, 5) is 8.61. The Bertz CT molecular complexity index is 589. The van der Waals surface area contributed by atoms with Crippen molar-refractivity contribution in [3.63, 3.8) is 0 Å². The van der Waals surface area contributed by atoms with Crippen LogP contribution < -0.4 is 5.32 Å². The Morgan fingerprint density at radius 2 is 2.05 bits per heavy atom. The summed E-state index contributed by atoms with van der Waals surface area (Å²) in [6.45, 7) is 1.14. The average Bonchev–Trinajstić information content (AvgIpc) is 2.46. The molecule has 2 heterocycles. The zero-order valence-corrected chi connectivity index (χ0v) is 11.3. The molecule has 0 saturated heterocycles. The highest BCUT2D eigenvalue weighted by molar-refractivity contribution is 6.28. The van der Waals surface area contributed by atoms with Crippen LogP contribution in [0.4, 0.5) is 5.82 Å². The number of hydrogen-bond acceptors (Lipinski definition) is 4. The van der Waals surface area contributed by atoms with E-state index in [0.717, 1.165) is 17.1 Å². The molecule has 4 nitrogen and oxygen atoms in total. The molecule has 0 radical (unpaired) electrons. The first-order chi connectivity index (χ1) is 9.29. The summed E-state index contributed by atoms with van der Waals surface area (Å²) in [5.74, 6) is 0.855. The molecule has 19 heavy (non-hydrogen) atoms. The lowest BCUT2D eigenvalue weighted by atomic mass is 9.92. The third kappa shape index (κ3) is 2.29. The fraction of sp³-hybridized carbons (Fsp3) is 0.286. The Hall–Kier alpha value is -1.65. The van der Waals surface area contributed by atoms with Crippen molar-refractivity contribution in [2.75, 3.05) is 19.0 Å². The Morgan fingerprint density at radius 3 is 2.79 bits per heavy atom. The first-order valence-corrected chi connectivity index (χ1v) is 6.54. The van der Waals surface area contributed by atoms with Crippen molar-refractivity contribution in [3.8, 4) is 0 Å². The van der Waals surface area contributed by atoms with Crippen LogP contribution in [-0.2, 0) is 11.3 Å². The number of fused-ring (bicyclic) bond motifs is 1. The number of benzene rings is 1. The Labute approximate surface area is 116 Å². The molecule has 3 rings (SSSR count). The van der Waals surface area contributed by atoms with E-state index in [1.165, 1.54) is 5.56 Å². The van der Waals surface area contributed by atoms with E-state index in [1.807, 2.05) is 25.2 Å². The van der Waals surface area contributed by atoms with E-state index in [9.17, 15) is 0 Å². The minimum Gasteiger partial charge on any atom is -0.376 e. The third-order valence-corrected chi connectivity index (χ3v) is 3.48. The van der Waals surface area contributed by atoms with Crippen molar-refractivity contribution in [2.24, 2.45) is 0 Å². The predicted octanol–water partition coefficient (Wildman–Crippen LogP) is 2.83. The van der Waals surface area contributed by atoms with Gasteiger partial charge in [0.25, 0.3) is 0 Å². The molecule has 2 aromatic rings. The minimum absolute atomic E-state index is 0.109. The van der Waals surface area contributed by atoms with E-state index in [2.05, 4.69) is 27.4 Å². The molecule has 1 aromatic heterocycles. The van der Waals surface area contributed by atoms with Gasteiger partial charge in [-0.2, -0.15) is 0 Å². The van der Waals surface area contributed by atoms with Crippen molar-refractivity contribution >= 4 is 17.4 Å². The van der Waals surface area contributed by atoms with E-state index < -0.39 is 0 Å². The summed E-state index contributed by atoms with van der Waals surface area (Å²) < 4.78 is 5.68. The molecule has 1 unspecified atom stereocenters.